The molecular formula is C29H52N6O14. The molecule has 0 saturated carbocycles. The SMILES string of the molecule is CC(CO)NC(=O)CCC(C(=O)O)N1CCN(CC(=O)O)CCN(C(CCC(=O)NC(CO)(CO)CO)C(=O)O)CCN(CC(=O)O)CC1. The van der Waals surface area contributed by atoms with Crippen molar-refractivity contribution in [2.45, 2.75) is 56.3 Å². The van der Waals surface area contributed by atoms with Gasteiger partial charge in [-0.25, -0.2) is 0 Å². The van der Waals surface area contributed by atoms with Crippen LogP contribution in [0.4, 0.5) is 0 Å². The first-order chi connectivity index (χ1) is 23.1. The lowest BCUT2D eigenvalue weighted by atomic mass is 10.0. The van der Waals surface area contributed by atoms with E-state index in [1.54, 1.807) is 6.92 Å². The van der Waals surface area contributed by atoms with E-state index in [9.17, 15) is 69.6 Å². The molecule has 1 aliphatic rings. The average Bonchev–Trinajstić information content (AvgIpc) is 3.03. The van der Waals surface area contributed by atoms with Crippen LogP contribution >= 0.6 is 0 Å². The van der Waals surface area contributed by atoms with Crippen molar-refractivity contribution in [3.05, 3.63) is 0 Å². The van der Waals surface area contributed by atoms with Crippen molar-refractivity contribution in [3.63, 3.8) is 0 Å². The molecule has 1 saturated heterocycles. The molecule has 1 fully saturated rings. The summed E-state index contributed by atoms with van der Waals surface area (Å²) < 4.78 is 0. The largest absolute Gasteiger partial charge is 0.480 e. The predicted molar refractivity (Wildman–Crippen MR) is 169 cm³/mol. The number of carbonyl (C=O) groups is 6. The molecule has 10 N–H and O–H groups in total. The van der Waals surface area contributed by atoms with E-state index in [-0.39, 0.29) is 84.6 Å². The van der Waals surface area contributed by atoms with Crippen LogP contribution in [0.15, 0.2) is 0 Å². The van der Waals surface area contributed by atoms with Gasteiger partial charge in [0.1, 0.15) is 17.6 Å². The Hall–Kier alpha value is -3.50. The molecule has 0 radical (unpaired) electrons. The van der Waals surface area contributed by atoms with Crippen LogP contribution in [0.5, 0.6) is 0 Å². The molecule has 3 unspecified atom stereocenters. The Morgan fingerprint density at radius 1 is 0.612 bits per heavy atom. The molecule has 3 atom stereocenters. The van der Waals surface area contributed by atoms with Gasteiger partial charge in [-0.3, -0.25) is 48.4 Å². The number of amides is 2. The van der Waals surface area contributed by atoms with Gasteiger partial charge in [-0.2, -0.15) is 0 Å². The van der Waals surface area contributed by atoms with Gasteiger partial charge in [0.05, 0.1) is 39.5 Å². The van der Waals surface area contributed by atoms with Gasteiger partial charge in [-0.1, -0.05) is 0 Å². The van der Waals surface area contributed by atoms with Gasteiger partial charge in [-0.15, -0.1) is 0 Å². The van der Waals surface area contributed by atoms with Gasteiger partial charge in [0.2, 0.25) is 11.8 Å². The molecular weight excluding hydrogens is 656 g/mol. The molecule has 20 nitrogen and oxygen atoms in total. The summed E-state index contributed by atoms with van der Waals surface area (Å²) >= 11 is 0. The first-order valence-corrected chi connectivity index (χ1v) is 16.0. The number of nitrogens with zero attached hydrogens (tertiary/aromatic N) is 4. The lowest BCUT2D eigenvalue weighted by Crippen LogP contribution is -2.57. The first kappa shape index (κ1) is 43.5. The van der Waals surface area contributed by atoms with Crippen LogP contribution in [-0.2, 0) is 28.8 Å². The van der Waals surface area contributed by atoms with Gasteiger partial charge >= 0.3 is 23.9 Å². The summed E-state index contributed by atoms with van der Waals surface area (Å²) in [5.74, 6) is -6.13. The summed E-state index contributed by atoms with van der Waals surface area (Å²) in [6.07, 6.45) is -0.930. The van der Waals surface area contributed by atoms with E-state index < -0.39 is 92.3 Å². The third-order valence-electron chi connectivity index (χ3n) is 8.27. The van der Waals surface area contributed by atoms with Crippen LogP contribution in [0.2, 0.25) is 0 Å². The number of hydrogen-bond acceptors (Lipinski definition) is 14. The minimum atomic E-state index is -1.71. The quantitative estimate of drug-likeness (QED) is 0.0567. The highest BCUT2D eigenvalue weighted by Gasteiger charge is 2.33. The van der Waals surface area contributed by atoms with Crippen LogP contribution in [-0.4, -0.2) is 212 Å². The minimum Gasteiger partial charge on any atom is -0.480 e. The Labute approximate surface area is 283 Å². The predicted octanol–water partition coefficient (Wildman–Crippen LogP) is -4.83. The number of rotatable bonds is 20. The fraction of sp³-hybridized carbons (Fsp3) is 0.793. The van der Waals surface area contributed by atoms with Crippen LogP contribution < -0.4 is 10.6 Å². The summed E-state index contributed by atoms with van der Waals surface area (Å²) in [7, 11) is 0. The van der Waals surface area contributed by atoms with E-state index in [4.69, 9.17) is 0 Å². The molecule has 0 aromatic heterocycles. The lowest BCUT2D eigenvalue weighted by molar-refractivity contribution is -0.145. The van der Waals surface area contributed by atoms with Crippen molar-refractivity contribution in [1.29, 1.82) is 0 Å². The van der Waals surface area contributed by atoms with E-state index in [2.05, 4.69) is 10.6 Å². The second kappa shape index (κ2) is 22.3. The third-order valence-corrected chi connectivity index (χ3v) is 8.27. The van der Waals surface area contributed by atoms with Crippen molar-refractivity contribution >= 4 is 35.7 Å². The number of aliphatic hydroxyl groups is 4. The average molecular weight is 709 g/mol. The molecule has 0 aromatic carbocycles. The van der Waals surface area contributed by atoms with Crippen LogP contribution in [0, 0.1) is 0 Å². The zero-order valence-corrected chi connectivity index (χ0v) is 27.8. The van der Waals surface area contributed by atoms with Gasteiger partial charge in [0.15, 0.2) is 0 Å². The van der Waals surface area contributed by atoms with E-state index in [0.29, 0.717) is 0 Å². The Morgan fingerprint density at radius 3 is 1.29 bits per heavy atom. The van der Waals surface area contributed by atoms with Crippen LogP contribution in [0.3, 0.4) is 0 Å². The number of carboxylic acids is 4. The fourth-order valence-corrected chi connectivity index (χ4v) is 5.33. The highest BCUT2D eigenvalue weighted by molar-refractivity contribution is 5.79. The molecule has 282 valence electrons. The Balaban J connectivity index is 3.27. The maximum atomic E-state index is 12.6. The second-order valence-electron chi connectivity index (χ2n) is 12.2. The molecule has 1 heterocycles. The number of nitrogens with one attached hydrogen (secondary N) is 2. The van der Waals surface area contributed by atoms with Crippen molar-refractivity contribution in [2.24, 2.45) is 0 Å². The minimum absolute atomic E-state index is 0.0108. The lowest BCUT2D eigenvalue weighted by Gasteiger charge is -2.37. The maximum Gasteiger partial charge on any atom is 0.320 e. The summed E-state index contributed by atoms with van der Waals surface area (Å²) in [5, 5.41) is 81.8. The molecule has 1 rings (SSSR count). The van der Waals surface area contributed by atoms with E-state index in [1.165, 1.54) is 19.6 Å². The summed E-state index contributed by atoms with van der Waals surface area (Å²) in [5.41, 5.74) is -1.71. The summed E-state index contributed by atoms with van der Waals surface area (Å²) in [6, 6.07) is -3.00. The summed E-state index contributed by atoms with van der Waals surface area (Å²) in [4.78, 5) is 79.1. The van der Waals surface area contributed by atoms with Gasteiger partial charge < -0.3 is 51.5 Å². The fourth-order valence-electron chi connectivity index (χ4n) is 5.33. The molecule has 0 aromatic rings. The molecule has 20 heteroatoms. The molecule has 1 aliphatic heterocycles. The highest BCUT2D eigenvalue weighted by atomic mass is 16.4. The maximum absolute atomic E-state index is 12.6. The molecule has 0 aliphatic carbocycles. The zero-order valence-electron chi connectivity index (χ0n) is 27.8. The monoisotopic (exact) mass is 708 g/mol. The topological polar surface area (TPSA) is 301 Å². The number of aliphatic hydroxyl groups excluding tert-OH is 4. The molecule has 2 amide bonds. The van der Waals surface area contributed by atoms with Crippen LogP contribution in [0.1, 0.15) is 32.6 Å². The Morgan fingerprint density at radius 2 is 0.980 bits per heavy atom. The number of carbonyl (C=O) groups excluding carboxylic acids is 2. The van der Waals surface area contributed by atoms with E-state index in [0.717, 1.165) is 0 Å². The number of hydrogen-bond donors (Lipinski definition) is 10. The highest BCUT2D eigenvalue weighted by Crippen LogP contribution is 2.14. The van der Waals surface area contributed by atoms with Crippen molar-refractivity contribution in [2.75, 3.05) is 91.9 Å². The van der Waals surface area contributed by atoms with E-state index in [1.807, 2.05) is 0 Å². The van der Waals surface area contributed by atoms with Crippen molar-refractivity contribution in [1.82, 2.24) is 30.2 Å². The standard InChI is InChI=1S/C29H52N6O14/c1-20(16-36)30-23(40)4-2-21(27(46)47)34-10-6-32(14-25(42)43)8-12-35(13-9-33(7-11-34)15-26(44)45)22(28(48)49)3-5-24(41)31-29(17-37,18-38)19-39/h20-22,36-39H,2-19H2,1H3,(H,30,40)(H,31,41)(H,42,43)(H,44,45)(H,46,47)(H,48,49). The Kier molecular flexibility index (Phi) is 19.8. The van der Waals surface area contributed by atoms with Crippen molar-refractivity contribution < 1.29 is 69.6 Å². The van der Waals surface area contributed by atoms with Gasteiger partial charge in [0, 0.05) is 71.2 Å². The molecule has 0 spiro atoms. The zero-order chi connectivity index (χ0) is 37.1. The summed E-state index contributed by atoms with van der Waals surface area (Å²) in [6.45, 7) is -1.90. The van der Waals surface area contributed by atoms with Crippen molar-refractivity contribution in [3.8, 4) is 0 Å². The number of carboxylic acid groups (broad SMARTS) is 4. The molecule has 49 heavy (non-hydrogen) atoms. The van der Waals surface area contributed by atoms with Gasteiger partial charge in [0.25, 0.3) is 0 Å². The number of aliphatic carboxylic acids is 4. The van der Waals surface area contributed by atoms with E-state index >= 15 is 0 Å². The third kappa shape index (κ3) is 16.2. The molecule has 0 bridgehead atoms. The van der Waals surface area contributed by atoms with Crippen LogP contribution in [0.25, 0.3) is 0 Å². The normalized spacial score (nSPS) is 18.3. The first-order valence-electron chi connectivity index (χ1n) is 16.0. The second-order valence-corrected chi connectivity index (χ2v) is 12.2. The van der Waals surface area contributed by atoms with Gasteiger partial charge in [-0.05, 0) is 19.8 Å². The smallest absolute Gasteiger partial charge is 0.320 e. The Bertz CT molecular complexity index is 1050.